The second-order valence-corrected chi connectivity index (χ2v) is 20.1. The highest BCUT2D eigenvalue weighted by atomic mass is 16.6. The summed E-state index contributed by atoms with van der Waals surface area (Å²) >= 11 is 0. The van der Waals surface area contributed by atoms with Crippen molar-refractivity contribution in [2.75, 3.05) is 52.9 Å². The van der Waals surface area contributed by atoms with Gasteiger partial charge in [0.1, 0.15) is 52.9 Å². The summed E-state index contributed by atoms with van der Waals surface area (Å²) in [7, 11) is 0. The first-order chi connectivity index (χ1) is 38.9. The quantitative estimate of drug-likeness (QED) is 0.0353. The first kappa shape index (κ1) is 98.4. The number of hydrogen-bond donors (Lipinski definition) is 0. The lowest BCUT2D eigenvalue weighted by Crippen LogP contribution is -2.24. The molecule has 0 radical (unpaired) electrons. The van der Waals surface area contributed by atoms with Gasteiger partial charge in [-0.3, -0.25) is 28.8 Å². The second-order valence-electron chi connectivity index (χ2n) is 20.1. The Hall–Kier alpha value is -5.80. The van der Waals surface area contributed by atoms with E-state index in [4.69, 9.17) is 37.9 Å². The lowest BCUT2D eigenvalue weighted by Gasteiger charge is -2.21. The van der Waals surface area contributed by atoms with Crippen molar-refractivity contribution in [3.05, 3.63) is 71.8 Å². The average Bonchev–Trinajstić information content (AvgIpc) is 3.54. The molecule has 2 aliphatic rings. The van der Waals surface area contributed by atoms with Crippen LogP contribution in [0.25, 0.3) is 0 Å². The number of rotatable bonds is 36. The van der Waals surface area contributed by atoms with Crippen LogP contribution in [-0.2, 0) is 66.7 Å². The molecule has 2 aromatic rings. The molecule has 4 rings (SSSR count). The summed E-state index contributed by atoms with van der Waals surface area (Å²) in [5.74, 6) is -1.75. The van der Waals surface area contributed by atoms with Crippen LogP contribution in [0.15, 0.2) is 60.7 Å². The van der Waals surface area contributed by atoms with Crippen LogP contribution in [0.1, 0.15) is 300 Å². The van der Waals surface area contributed by atoms with E-state index in [0.717, 1.165) is 103 Å². The average molecular weight is 1250 g/mol. The van der Waals surface area contributed by atoms with Crippen molar-refractivity contribution in [3.63, 3.8) is 0 Å². The van der Waals surface area contributed by atoms with Crippen LogP contribution in [0.5, 0.6) is 0 Å². The van der Waals surface area contributed by atoms with Gasteiger partial charge >= 0.3 is 47.8 Å². The Bertz CT molecular complexity index is 1770. The molecular weight excluding hydrogens is 1120 g/mol. The van der Waals surface area contributed by atoms with Crippen LogP contribution >= 0.6 is 0 Å². The van der Waals surface area contributed by atoms with Gasteiger partial charge in [-0.25, -0.2) is 9.59 Å². The predicted molar refractivity (Wildman–Crippen MR) is 361 cm³/mol. The summed E-state index contributed by atoms with van der Waals surface area (Å²) in [6.07, 6.45) is 30.0. The summed E-state index contributed by atoms with van der Waals surface area (Å²) in [6, 6.07) is 17.3. The van der Waals surface area contributed by atoms with E-state index in [1.165, 1.54) is 64.2 Å². The number of benzene rings is 2. The van der Waals surface area contributed by atoms with E-state index in [1.807, 2.05) is 26.0 Å². The molecule has 2 aromatic carbocycles. The molecule has 16 heteroatoms. The van der Waals surface area contributed by atoms with Crippen LogP contribution in [0, 0.1) is 11.8 Å². The van der Waals surface area contributed by atoms with Gasteiger partial charge in [0, 0.05) is 25.7 Å². The Balaban J connectivity index is -0.000000158. The van der Waals surface area contributed by atoms with Gasteiger partial charge < -0.3 is 37.9 Å². The maximum absolute atomic E-state index is 11.8. The van der Waals surface area contributed by atoms with Crippen LogP contribution in [0.3, 0.4) is 0 Å². The fourth-order valence-electron chi connectivity index (χ4n) is 8.43. The fourth-order valence-corrected chi connectivity index (χ4v) is 8.43. The Morgan fingerprint density at radius 1 is 0.295 bits per heavy atom. The lowest BCUT2D eigenvalue weighted by atomic mass is 9.89. The van der Waals surface area contributed by atoms with Gasteiger partial charge in [-0.1, -0.05) is 239 Å². The number of carbonyl (C=O) groups is 8. The van der Waals surface area contributed by atoms with Gasteiger partial charge in [-0.05, 0) is 75.6 Å². The van der Waals surface area contributed by atoms with Crippen molar-refractivity contribution >= 4 is 47.8 Å². The Morgan fingerprint density at radius 3 is 0.818 bits per heavy atom. The highest BCUT2D eigenvalue weighted by molar-refractivity contribution is 5.90. The van der Waals surface area contributed by atoms with E-state index in [1.54, 1.807) is 48.5 Å². The molecule has 516 valence electrons. The normalized spacial score (nSPS) is 11.8. The minimum atomic E-state index is -0.429. The van der Waals surface area contributed by atoms with Crippen LogP contribution in [0.4, 0.5) is 0 Å². The van der Waals surface area contributed by atoms with Gasteiger partial charge in [-0.2, -0.15) is 0 Å². The van der Waals surface area contributed by atoms with Gasteiger partial charge in [0.25, 0.3) is 0 Å². The lowest BCUT2D eigenvalue weighted by molar-refractivity contribution is -0.158. The molecule has 0 saturated heterocycles. The van der Waals surface area contributed by atoms with Crippen molar-refractivity contribution in [1.82, 2.24) is 0 Å². The number of carbonyl (C=O) groups excluding carboxylic acids is 8. The number of unbranched alkanes of at least 4 members (excludes halogenated alkanes) is 12. The zero-order chi connectivity index (χ0) is 58.5. The molecule has 2 aliphatic carbocycles. The van der Waals surface area contributed by atoms with Gasteiger partial charge in [0.15, 0.2) is 0 Å². The second kappa shape index (κ2) is 70.3. The van der Waals surface area contributed by atoms with Gasteiger partial charge in [0.2, 0.25) is 0 Å². The van der Waals surface area contributed by atoms with Crippen molar-refractivity contribution in [2.45, 2.75) is 280 Å². The van der Waals surface area contributed by atoms with Crippen LogP contribution in [0.2, 0.25) is 0 Å². The summed E-state index contributed by atoms with van der Waals surface area (Å²) in [4.78, 5) is 91.9. The minimum absolute atomic E-state index is 0. The molecule has 0 N–H and O–H groups in total. The predicted octanol–water partition coefficient (Wildman–Crippen LogP) is 19.0. The van der Waals surface area contributed by atoms with Gasteiger partial charge in [-0.15, -0.1) is 0 Å². The van der Waals surface area contributed by atoms with E-state index in [-0.39, 0.29) is 160 Å². The third-order valence-electron chi connectivity index (χ3n) is 13.2. The monoisotopic (exact) mass is 1250 g/mol. The van der Waals surface area contributed by atoms with E-state index < -0.39 is 11.9 Å². The third kappa shape index (κ3) is 56.7. The molecular formula is C72H132O16. The molecule has 0 atom stereocenters. The molecule has 0 amide bonds. The molecule has 0 aromatic heterocycles. The Labute approximate surface area is 538 Å². The zero-order valence-electron chi connectivity index (χ0n) is 49.3. The zero-order valence-corrected chi connectivity index (χ0v) is 49.3. The molecule has 0 bridgehead atoms. The third-order valence-corrected chi connectivity index (χ3v) is 13.2. The Kier molecular flexibility index (Phi) is 78.6. The Morgan fingerprint density at radius 2 is 0.534 bits per heavy atom. The maximum Gasteiger partial charge on any atom is 0.338 e. The van der Waals surface area contributed by atoms with Crippen LogP contribution < -0.4 is 0 Å². The number of hydrogen-bond acceptors (Lipinski definition) is 16. The van der Waals surface area contributed by atoms with Crippen molar-refractivity contribution in [1.29, 1.82) is 0 Å². The first-order valence-electron chi connectivity index (χ1n) is 30.3. The topological polar surface area (TPSA) is 210 Å². The van der Waals surface area contributed by atoms with Crippen LogP contribution in [-0.4, -0.2) is 101 Å². The largest absolute Gasteiger partial charge is 0.462 e. The summed E-state index contributed by atoms with van der Waals surface area (Å²) < 4.78 is 40.3. The van der Waals surface area contributed by atoms with Crippen molar-refractivity contribution < 1.29 is 76.3 Å². The summed E-state index contributed by atoms with van der Waals surface area (Å²) in [6.45, 7) is 9.58. The highest BCUT2D eigenvalue weighted by Crippen LogP contribution is 2.26. The van der Waals surface area contributed by atoms with E-state index in [9.17, 15) is 38.4 Å². The first-order valence-corrected chi connectivity index (χ1v) is 30.3. The van der Waals surface area contributed by atoms with E-state index in [2.05, 4.69) is 13.8 Å². The minimum Gasteiger partial charge on any atom is -0.462 e. The smallest absolute Gasteiger partial charge is 0.338 e. The molecule has 0 aliphatic heterocycles. The molecule has 88 heavy (non-hydrogen) atoms. The fraction of sp³-hybridized carbons (Fsp3) is 0.722. The van der Waals surface area contributed by atoms with E-state index >= 15 is 0 Å². The molecule has 16 nitrogen and oxygen atoms in total. The molecule has 0 unspecified atom stereocenters. The SMILES string of the molecule is C.C.C.C.C.C.C.C.CCCCC(=O)OCCOC(=O)CCCC.CCCCCCCCC(=O)OCCOC(=O)CCCCCCCC.O=C(OCCOC(=O)C1CCCCC1)C1CCCCC1.O=C(OCCOC(=O)c1ccccc1)c1ccccc1. The number of ether oxygens (including phenoxy) is 8. The molecule has 0 heterocycles. The van der Waals surface area contributed by atoms with Crippen molar-refractivity contribution in [2.24, 2.45) is 11.8 Å². The molecule has 2 fully saturated rings. The van der Waals surface area contributed by atoms with Crippen molar-refractivity contribution in [3.8, 4) is 0 Å². The highest BCUT2D eigenvalue weighted by Gasteiger charge is 2.24. The molecule has 0 spiro atoms. The van der Waals surface area contributed by atoms with Gasteiger partial charge in [0.05, 0.1) is 23.0 Å². The standard InChI is InChI=1S/C20H38O4.C16H26O4.C16H14O4.C12H22O4.8CH4/c1-3-5-7-9-11-13-15-19(21)23-17-18-24-20(22)16-14-12-10-8-6-4-2;2*17-15(13-7-3-1-4-8-13)19-11-12-20-16(18)14-9-5-2-6-10-14;1-3-5-7-11(13)15-9-10-16-12(14)8-6-4-2;;;;;;;;/h3-18H2,1-2H3;13-14H,1-12H2;1-10H,11-12H2;3-10H2,1-2H3;8*1H4. The summed E-state index contributed by atoms with van der Waals surface area (Å²) in [5.41, 5.74) is 0.948. The maximum atomic E-state index is 11.8. The number of esters is 8. The molecule has 2 saturated carbocycles. The van der Waals surface area contributed by atoms with E-state index in [0.29, 0.717) is 36.8 Å². The summed E-state index contributed by atoms with van der Waals surface area (Å²) in [5, 5.41) is 0.